The van der Waals surface area contributed by atoms with Crippen molar-refractivity contribution in [3.05, 3.63) is 59.7 Å². The molecule has 0 spiro atoms. The number of benzene rings is 2. The van der Waals surface area contributed by atoms with Gasteiger partial charge in [-0.3, -0.25) is 9.59 Å². The van der Waals surface area contributed by atoms with Gasteiger partial charge in [-0.25, -0.2) is 0 Å². The van der Waals surface area contributed by atoms with Crippen LogP contribution in [0.25, 0.3) is 0 Å². The van der Waals surface area contributed by atoms with Crippen molar-refractivity contribution in [3.63, 3.8) is 0 Å². The SMILES string of the molecule is COc1ccc(C2OC(c3cccc(OC(C)=O)c3)=NN2C(C)=O)cc1. The van der Waals surface area contributed by atoms with E-state index in [1.807, 2.05) is 12.1 Å². The van der Waals surface area contributed by atoms with Gasteiger partial charge in [-0.05, 0) is 42.5 Å². The third-order valence-electron chi connectivity index (χ3n) is 3.71. The number of ether oxygens (including phenoxy) is 3. The minimum atomic E-state index is -0.675. The lowest BCUT2D eigenvalue weighted by Crippen LogP contribution is -2.25. The number of amides is 1. The molecule has 0 bridgehead atoms. The standard InChI is InChI=1S/C19H18N2O5/c1-12(22)21-19(14-7-9-16(24-3)10-8-14)26-18(20-21)15-5-4-6-17(11-15)25-13(2)23/h4-11,19H,1-3H3. The maximum Gasteiger partial charge on any atom is 0.308 e. The summed E-state index contributed by atoms with van der Waals surface area (Å²) in [5, 5.41) is 5.56. The Labute approximate surface area is 150 Å². The predicted octanol–water partition coefficient (Wildman–Crippen LogP) is 2.86. The Hall–Kier alpha value is -3.35. The smallest absolute Gasteiger partial charge is 0.308 e. The molecule has 0 saturated heterocycles. The highest BCUT2D eigenvalue weighted by molar-refractivity contribution is 5.96. The normalized spacial score (nSPS) is 15.9. The van der Waals surface area contributed by atoms with Crippen LogP contribution in [0, 0.1) is 0 Å². The quantitative estimate of drug-likeness (QED) is 0.623. The number of carbonyl (C=O) groups excluding carboxylic acids is 2. The van der Waals surface area contributed by atoms with Gasteiger partial charge >= 0.3 is 5.97 Å². The average molecular weight is 354 g/mol. The molecule has 0 aliphatic carbocycles. The Morgan fingerprint density at radius 2 is 1.81 bits per heavy atom. The van der Waals surface area contributed by atoms with Gasteiger partial charge < -0.3 is 14.2 Å². The molecule has 1 amide bonds. The second kappa shape index (κ2) is 7.26. The molecule has 134 valence electrons. The van der Waals surface area contributed by atoms with E-state index < -0.39 is 12.2 Å². The van der Waals surface area contributed by atoms with Crippen molar-refractivity contribution in [2.24, 2.45) is 5.10 Å². The van der Waals surface area contributed by atoms with Gasteiger partial charge in [-0.15, -0.1) is 5.10 Å². The van der Waals surface area contributed by atoms with Crippen molar-refractivity contribution in [1.82, 2.24) is 5.01 Å². The highest BCUT2D eigenvalue weighted by atomic mass is 16.5. The first kappa shape index (κ1) is 17.5. The minimum Gasteiger partial charge on any atom is -0.497 e. The molecule has 3 rings (SSSR count). The molecule has 1 unspecified atom stereocenters. The minimum absolute atomic E-state index is 0.253. The summed E-state index contributed by atoms with van der Waals surface area (Å²) in [4.78, 5) is 23.1. The fourth-order valence-corrected chi connectivity index (χ4v) is 2.53. The number of hydrazone groups is 1. The molecule has 0 fully saturated rings. The van der Waals surface area contributed by atoms with Gasteiger partial charge in [0.1, 0.15) is 11.5 Å². The van der Waals surface area contributed by atoms with Gasteiger partial charge in [0.05, 0.1) is 7.11 Å². The van der Waals surface area contributed by atoms with Crippen LogP contribution in [0.4, 0.5) is 0 Å². The Morgan fingerprint density at radius 1 is 1.08 bits per heavy atom. The number of hydrogen-bond donors (Lipinski definition) is 0. The van der Waals surface area contributed by atoms with Crippen molar-refractivity contribution in [1.29, 1.82) is 0 Å². The summed E-state index contributed by atoms with van der Waals surface area (Å²) in [6.07, 6.45) is -0.675. The molecule has 0 radical (unpaired) electrons. The third-order valence-corrected chi connectivity index (χ3v) is 3.71. The number of carbonyl (C=O) groups is 2. The second-order valence-corrected chi connectivity index (χ2v) is 5.63. The molecular formula is C19H18N2O5. The van der Waals surface area contributed by atoms with E-state index in [1.54, 1.807) is 43.5 Å². The number of esters is 1. The zero-order chi connectivity index (χ0) is 18.7. The van der Waals surface area contributed by atoms with Crippen LogP contribution in [0.2, 0.25) is 0 Å². The van der Waals surface area contributed by atoms with Gasteiger partial charge in [0.2, 0.25) is 18.0 Å². The molecule has 1 atom stereocenters. The van der Waals surface area contributed by atoms with Crippen molar-refractivity contribution in [2.75, 3.05) is 7.11 Å². The summed E-state index contributed by atoms with van der Waals surface area (Å²) in [5.41, 5.74) is 1.36. The van der Waals surface area contributed by atoms with Gasteiger partial charge in [-0.1, -0.05) is 6.07 Å². The molecule has 2 aromatic rings. The predicted molar refractivity (Wildman–Crippen MR) is 93.6 cm³/mol. The van der Waals surface area contributed by atoms with Crippen molar-refractivity contribution in [3.8, 4) is 11.5 Å². The van der Waals surface area contributed by atoms with Gasteiger partial charge in [0.25, 0.3) is 0 Å². The molecule has 2 aromatic carbocycles. The van der Waals surface area contributed by atoms with E-state index in [9.17, 15) is 9.59 Å². The Bertz CT molecular complexity index is 860. The molecular weight excluding hydrogens is 336 g/mol. The summed E-state index contributed by atoms with van der Waals surface area (Å²) in [6, 6.07) is 14.0. The lowest BCUT2D eigenvalue weighted by Gasteiger charge is -2.19. The van der Waals surface area contributed by atoms with Crippen LogP contribution in [0.1, 0.15) is 31.2 Å². The van der Waals surface area contributed by atoms with Crippen LogP contribution in [0.15, 0.2) is 53.6 Å². The first-order chi connectivity index (χ1) is 12.5. The topological polar surface area (TPSA) is 77.4 Å². The van der Waals surface area contributed by atoms with Crippen molar-refractivity contribution in [2.45, 2.75) is 20.1 Å². The Morgan fingerprint density at radius 3 is 2.42 bits per heavy atom. The van der Waals surface area contributed by atoms with Gasteiger partial charge in [0, 0.05) is 25.0 Å². The van der Waals surface area contributed by atoms with E-state index in [-0.39, 0.29) is 11.8 Å². The van der Waals surface area contributed by atoms with E-state index in [2.05, 4.69) is 5.10 Å². The summed E-state index contributed by atoms with van der Waals surface area (Å²) in [5.74, 6) is 0.685. The van der Waals surface area contributed by atoms with Crippen molar-refractivity contribution < 1.29 is 23.8 Å². The largest absolute Gasteiger partial charge is 0.497 e. The maximum atomic E-state index is 12.0. The van der Waals surface area contributed by atoms with Crippen LogP contribution in [-0.2, 0) is 14.3 Å². The van der Waals surface area contributed by atoms with E-state index in [1.165, 1.54) is 18.9 Å². The molecule has 1 heterocycles. The van der Waals surface area contributed by atoms with E-state index in [0.717, 1.165) is 5.56 Å². The Balaban J connectivity index is 1.89. The summed E-state index contributed by atoms with van der Waals surface area (Å²) in [6.45, 7) is 2.75. The van der Waals surface area contributed by atoms with E-state index in [0.29, 0.717) is 17.1 Å². The third kappa shape index (κ3) is 3.66. The van der Waals surface area contributed by atoms with Crippen LogP contribution < -0.4 is 9.47 Å². The monoisotopic (exact) mass is 354 g/mol. The number of hydrogen-bond acceptors (Lipinski definition) is 6. The van der Waals surface area contributed by atoms with E-state index >= 15 is 0 Å². The first-order valence-electron chi connectivity index (χ1n) is 7.96. The zero-order valence-corrected chi connectivity index (χ0v) is 14.6. The lowest BCUT2D eigenvalue weighted by molar-refractivity contribution is -0.135. The summed E-state index contributed by atoms with van der Waals surface area (Å²) >= 11 is 0. The Kier molecular flexibility index (Phi) is 4.88. The number of methoxy groups -OCH3 is 1. The highest BCUT2D eigenvalue weighted by Crippen LogP contribution is 2.31. The average Bonchev–Trinajstić information content (AvgIpc) is 3.07. The van der Waals surface area contributed by atoms with E-state index in [4.69, 9.17) is 14.2 Å². The van der Waals surface area contributed by atoms with Crippen molar-refractivity contribution >= 4 is 17.8 Å². The fourth-order valence-electron chi connectivity index (χ4n) is 2.53. The second-order valence-electron chi connectivity index (χ2n) is 5.63. The first-order valence-corrected chi connectivity index (χ1v) is 7.96. The van der Waals surface area contributed by atoms with Crippen LogP contribution in [-0.4, -0.2) is 29.9 Å². The maximum absolute atomic E-state index is 12.0. The summed E-state index contributed by atoms with van der Waals surface area (Å²) < 4.78 is 16.1. The van der Waals surface area contributed by atoms with Crippen LogP contribution in [0.3, 0.4) is 0 Å². The number of nitrogens with zero attached hydrogens (tertiary/aromatic N) is 2. The molecule has 7 heteroatoms. The lowest BCUT2D eigenvalue weighted by atomic mass is 10.2. The van der Waals surface area contributed by atoms with Crippen LogP contribution >= 0.6 is 0 Å². The zero-order valence-electron chi connectivity index (χ0n) is 14.6. The molecule has 1 aliphatic rings. The highest BCUT2D eigenvalue weighted by Gasteiger charge is 2.33. The molecule has 0 aromatic heterocycles. The summed E-state index contributed by atoms with van der Waals surface area (Å²) in [7, 11) is 1.58. The molecule has 1 aliphatic heterocycles. The number of rotatable bonds is 4. The molecule has 0 saturated carbocycles. The van der Waals surface area contributed by atoms with Crippen LogP contribution in [0.5, 0.6) is 11.5 Å². The van der Waals surface area contributed by atoms with Gasteiger partial charge in [-0.2, -0.15) is 5.01 Å². The molecule has 26 heavy (non-hydrogen) atoms. The molecule has 7 nitrogen and oxygen atoms in total. The molecule has 0 N–H and O–H groups in total. The fraction of sp³-hybridized carbons (Fsp3) is 0.211. The van der Waals surface area contributed by atoms with Gasteiger partial charge in [0.15, 0.2) is 0 Å².